The summed E-state index contributed by atoms with van der Waals surface area (Å²) in [5, 5.41) is 0.170. The summed E-state index contributed by atoms with van der Waals surface area (Å²) in [6, 6.07) is 4.89. The highest BCUT2D eigenvalue weighted by Crippen LogP contribution is 2.37. The van der Waals surface area contributed by atoms with E-state index in [1.165, 1.54) is 6.20 Å². The Kier molecular flexibility index (Phi) is 3.78. The zero-order valence-electron chi connectivity index (χ0n) is 12.4. The number of hydrogen-bond donors (Lipinski definition) is 1. The first-order chi connectivity index (χ1) is 11.6. The summed E-state index contributed by atoms with van der Waals surface area (Å²) in [4.78, 5) is 11.8. The van der Waals surface area contributed by atoms with E-state index >= 15 is 0 Å². The van der Waals surface area contributed by atoms with Gasteiger partial charge in [0.25, 0.3) is 0 Å². The van der Waals surface area contributed by atoms with Crippen LogP contribution in [0.15, 0.2) is 30.5 Å². The van der Waals surface area contributed by atoms with Crippen LogP contribution in [0.1, 0.15) is 11.4 Å². The standard InChI is InChI=1S/C17H12ClF2N3O/c18-16-15(17-22-13-4-6-24-8-14(13)23-17)10(3-5-21-16)11-7-9(19)1-2-12(11)20/h1-3,5,7H,4,6,8H2,(H,22,23). The van der Waals surface area contributed by atoms with Gasteiger partial charge in [0.2, 0.25) is 0 Å². The number of ether oxygens (including phenoxy) is 1. The quantitative estimate of drug-likeness (QED) is 0.709. The minimum absolute atomic E-state index is 0.111. The van der Waals surface area contributed by atoms with Crippen LogP contribution in [0.2, 0.25) is 5.15 Å². The molecule has 1 aliphatic rings. The highest BCUT2D eigenvalue weighted by Gasteiger charge is 2.21. The fourth-order valence-electron chi connectivity index (χ4n) is 2.82. The number of aromatic nitrogens is 3. The minimum atomic E-state index is -0.542. The third-order valence-electron chi connectivity index (χ3n) is 3.95. The molecule has 1 aliphatic heterocycles. The second-order valence-electron chi connectivity index (χ2n) is 5.46. The van der Waals surface area contributed by atoms with Gasteiger partial charge < -0.3 is 9.72 Å². The number of hydrogen-bond acceptors (Lipinski definition) is 3. The van der Waals surface area contributed by atoms with Crippen LogP contribution in [-0.2, 0) is 17.8 Å². The number of pyridine rings is 1. The molecule has 0 radical (unpaired) electrons. The van der Waals surface area contributed by atoms with Crippen LogP contribution < -0.4 is 0 Å². The van der Waals surface area contributed by atoms with Crippen LogP contribution in [0.5, 0.6) is 0 Å². The molecule has 0 saturated heterocycles. The zero-order chi connectivity index (χ0) is 16.7. The van der Waals surface area contributed by atoms with Crippen molar-refractivity contribution in [1.29, 1.82) is 0 Å². The number of fused-ring (bicyclic) bond motifs is 1. The van der Waals surface area contributed by atoms with Gasteiger partial charge in [-0.3, -0.25) is 0 Å². The van der Waals surface area contributed by atoms with Crippen molar-refractivity contribution in [2.75, 3.05) is 6.61 Å². The molecule has 0 bridgehead atoms. The van der Waals surface area contributed by atoms with E-state index < -0.39 is 11.6 Å². The fraction of sp³-hybridized carbons (Fsp3) is 0.176. The summed E-state index contributed by atoms with van der Waals surface area (Å²) in [6.45, 7) is 1.04. The van der Waals surface area contributed by atoms with Gasteiger partial charge in [0.05, 0.1) is 30.2 Å². The summed E-state index contributed by atoms with van der Waals surface area (Å²) < 4.78 is 33.2. The van der Waals surface area contributed by atoms with E-state index in [9.17, 15) is 8.78 Å². The first-order valence-electron chi connectivity index (χ1n) is 7.39. The monoisotopic (exact) mass is 347 g/mol. The molecule has 0 aliphatic carbocycles. The SMILES string of the molecule is Fc1ccc(F)c(-c2ccnc(Cl)c2-c2nc3c([nH]2)COCC3)c1. The van der Waals surface area contributed by atoms with Crippen LogP contribution in [0, 0.1) is 11.6 Å². The molecule has 0 unspecified atom stereocenters. The minimum Gasteiger partial charge on any atom is -0.375 e. The molecule has 122 valence electrons. The van der Waals surface area contributed by atoms with E-state index in [0.717, 1.165) is 29.6 Å². The van der Waals surface area contributed by atoms with Crippen molar-refractivity contribution in [2.45, 2.75) is 13.0 Å². The number of nitrogens with zero attached hydrogens (tertiary/aromatic N) is 2. The Hall–Kier alpha value is -2.31. The van der Waals surface area contributed by atoms with E-state index in [-0.39, 0.29) is 10.7 Å². The Balaban J connectivity index is 1.93. The number of rotatable bonds is 2. The number of H-pyrrole nitrogens is 1. The van der Waals surface area contributed by atoms with Crippen molar-refractivity contribution in [3.8, 4) is 22.5 Å². The smallest absolute Gasteiger partial charge is 0.141 e. The molecular weight excluding hydrogens is 336 g/mol. The molecule has 3 aromatic rings. The summed E-state index contributed by atoms with van der Waals surface area (Å²) in [6.07, 6.45) is 2.14. The molecule has 7 heteroatoms. The Morgan fingerprint density at radius 3 is 2.88 bits per heavy atom. The molecule has 4 rings (SSSR count). The van der Waals surface area contributed by atoms with Gasteiger partial charge in [-0.25, -0.2) is 18.7 Å². The lowest BCUT2D eigenvalue weighted by atomic mass is 10.0. The Labute approximate surface area is 141 Å². The molecule has 0 fully saturated rings. The lowest BCUT2D eigenvalue weighted by Crippen LogP contribution is -2.08. The Bertz CT molecular complexity index is 903. The molecule has 4 nitrogen and oxygen atoms in total. The van der Waals surface area contributed by atoms with Crippen molar-refractivity contribution in [1.82, 2.24) is 15.0 Å². The summed E-state index contributed by atoms with van der Waals surface area (Å²) in [7, 11) is 0. The molecule has 0 amide bonds. The maximum atomic E-state index is 14.2. The average molecular weight is 348 g/mol. The van der Waals surface area contributed by atoms with E-state index in [1.54, 1.807) is 6.07 Å². The van der Waals surface area contributed by atoms with Crippen molar-refractivity contribution >= 4 is 11.6 Å². The first kappa shape index (κ1) is 15.2. The van der Waals surface area contributed by atoms with E-state index in [1.807, 2.05) is 0 Å². The molecule has 0 atom stereocenters. The van der Waals surface area contributed by atoms with Crippen molar-refractivity contribution in [3.63, 3.8) is 0 Å². The molecule has 0 spiro atoms. The predicted molar refractivity (Wildman–Crippen MR) is 85.5 cm³/mol. The third-order valence-corrected chi connectivity index (χ3v) is 4.24. The van der Waals surface area contributed by atoms with E-state index in [2.05, 4.69) is 15.0 Å². The van der Waals surface area contributed by atoms with Gasteiger partial charge in [-0.1, -0.05) is 11.6 Å². The molecular formula is C17H12ClF2N3O. The molecule has 24 heavy (non-hydrogen) atoms. The lowest BCUT2D eigenvalue weighted by molar-refractivity contribution is 0.107. The molecule has 3 heterocycles. The number of imidazole rings is 1. The highest BCUT2D eigenvalue weighted by atomic mass is 35.5. The van der Waals surface area contributed by atoms with E-state index in [0.29, 0.717) is 36.6 Å². The molecule has 1 N–H and O–H groups in total. The van der Waals surface area contributed by atoms with Gasteiger partial charge in [-0.05, 0) is 24.3 Å². The second kappa shape index (κ2) is 5.96. The Morgan fingerprint density at radius 1 is 1.17 bits per heavy atom. The third kappa shape index (κ3) is 2.57. The Morgan fingerprint density at radius 2 is 2.04 bits per heavy atom. The van der Waals surface area contributed by atoms with Gasteiger partial charge in [0.15, 0.2) is 0 Å². The zero-order valence-corrected chi connectivity index (χ0v) is 13.2. The van der Waals surface area contributed by atoms with Crippen molar-refractivity contribution < 1.29 is 13.5 Å². The molecule has 2 aromatic heterocycles. The number of benzene rings is 1. The normalized spacial score (nSPS) is 13.8. The highest BCUT2D eigenvalue weighted by molar-refractivity contribution is 6.32. The van der Waals surface area contributed by atoms with Crippen molar-refractivity contribution in [3.05, 3.63) is 58.6 Å². The van der Waals surface area contributed by atoms with Gasteiger partial charge in [-0.15, -0.1) is 0 Å². The lowest BCUT2D eigenvalue weighted by Gasteiger charge is -2.10. The van der Waals surface area contributed by atoms with Gasteiger partial charge in [0.1, 0.15) is 22.6 Å². The van der Waals surface area contributed by atoms with Gasteiger partial charge >= 0.3 is 0 Å². The van der Waals surface area contributed by atoms with Crippen LogP contribution in [0.25, 0.3) is 22.5 Å². The number of nitrogens with one attached hydrogen (secondary N) is 1. The maximum Gasteiger partial charge on any atom is 0.141 e. The maximum absolute atomic E-state index is 14.2. The van der Waals surface area contributed by atoms with Gasteiger partial charge in [0, 0.05) is 23.7 Å². The van der Waals surface area contributed by atoms with Crippen LogP contribution in [0.3, 0.4) is 0 Å². The van der Waals surface area contributed by atoms with Crippen LogP contribution in [0.4, 0.5) is 8.78 Å². The first-order valence-corrected chi connectivity index (χ1v) is 7.77. The van der Waals surface area contributed by atoms with E-state index in [4.69, 9.17) is 16.3 Å². The molecule has 1 aromatic carbocycles. The van der Waals surface area contributed by atoms with Crippen LogP contribution in [-0.4, -0.2) is 21.6 Å². The summed E-state index contributed by atoms with van der Waals surface area (Å²) >= 11 is 6.25. The van der Waals surface area contributed by atoms with Crippen molar-refractivity contribution in [2.24, 2.45) is 0 Å². The summed E-state index contributed by atoms with van der Waals surface area (Å²) in [5.41, 5.74) is 2.74. The largest absolute Gasteiger partial charge is 0.375 e. The number of aromatic amines is 1. The van der Waals surface area contributed by atoms with Gasteiger partial charge in [-0.2, -0.15) is 0 Å². The second-order valence-corrected chi connectivity index (χ2v) is 5.82. The van der Waals surface area contributed by atoms with Crippen LogP contribution >= 0.6 is 11.6 Å². The topological polar surface area (TPSA) is 50.8 Å². The predicted octanol–water partition coefficient (Wildman–Crippen LogP) is 4.14. The summed E-state index contributed by atoms with van der Waals surface area (Å²) in [5.74, 6) is -0.598. The molecule has 0 saturated carbocycles. The fourth-order valence-corrected chi connectivity index (χ4v) is 3.07. The number of halogens is 3. The average Bonchev–Trinajstić information content (AvgIpc) is 3.00.